The highest BCUT2D eigenvalue weighted by Crippen LogP contribution is 2.26. The van der Waals surface area contributed by atoms with Crippen molar-refractivity contribution in [1.29, 1.82) is 0 Å². The molecule has 0 saturated heterocycles. The minimum Gasteiger partial charge on any atom is -0.319 e. The van der Waals surface area contributed by atoms with Crippen molar-refractivity contribution in [2.24, 2.45) is 7.05 Å². The average molecular weight is 360 g/mol. The number of pyridine rings is 1. The molecule has 4 aromatic rings. The number of hydrogen-bond acceptors (Lipinski definition) is 4. The van der Waals surface area contributed by atoms with Crippen LogP contribution in [0, 0.1) is 20.8 Å². The highest BCUT2D eigenvalue weighted by atomic mass is 16.1. The van der Waals surface area contributed by atoms with Crippen molar-refractivity contribution in [3.8, 4) is 5.69 Å². The van der Waals surface area contributed by atoms with Gasteiger partial charge in [0.2, 0.25) is 0 Å². The van der Waals surface area contributed by atoms with Crippen molar-refractivity contribution in [2.75, 3.05) is 5.32 Å². The van der Waals surface area contributed by atoms with Crippen LogP contribution in [0.3, 0.4) is 0 Å². The fraction of sp³-hybridized carbons (Fsp3) is 0.200. The van der Waals surface area contributed by atoms with Crippen molar-refractivity contribution < 1.29 is 4.79 Å². The molecule has 7 nitrogen and oxygen atoms in total. The topological polar surface area (TPSA) is 77.6 Å². The van der Waals surface area contributed by atoms with Crippen molar-refractivity contribution >= 4 is 22.6 Å². The summed E-state index contributed by atoms with van der Waals surface area (Å²) in [4.78, 5) is 17.7. The van der Waals surface area contributed by atoms with E-state index in [1.165, 1.54) is 0 Å². The van der Waals surface area contributed by atoms with Gasteiger partial charge in [-0.2, -0.15) is 10.2 Å². The summed E-state index contributed by atoms with van der Waals surface area (Å²) in [6.07, 6.45) is 1.65. The van der Waals surface area contributed by atoms with Crippen molar-refractivity contribution in [3.05, 3.63) is 65.2 Å². The van der Waals surface area contributed by atoms with Gasteiger partial charge >= 0.3 is 0 Å². The molecule has 0 saturated carbocycles. The number of aromatic nitrogens is 5. The van der Waals surface area contributed by atoms with Crippen LogP contribution in [0.4, 0.5) is 5.69 Å². The van der Waals surface area contributed by atoms with E-state index < -0.39 is 0 Å². The van der Waals surface area contributed by atoms with Gasteiger partial charge in [0.25, 0.3) is 5.91 Å². The van der Waals surface area contributed by atoms with Crippen LogP contribution >= 0.6 is 0 Å². The van der Waals surface area contributed by atoms with E-state index in [1.54, 1.807) is 21.6 Å². The second-order valence-corrected chi connectivity index (χ2v) is 6.56. The molecule has 1 amide bonds. The molecule has 0 bridgehead atoms. The maximum Gasteiger partial charge on any atom is 0.256 e. The first kappa shape index (κ1) is 17.0. The predicted octanol–water partition coefficient (Wildman–Crippen LogP) is 3.33. The van der Waals surface area contributed by atoms with Gasteiger partial charge in [-0.3, -0.25) is 9.48 Å². The van der Waals surface area contributed by atoms with E-state index in [2.05, 4.69) is 20.5 Å². The molecule has 27 heavy (non-hydrogen) atoms. The second kappa shape index (κ2) is 6.35. The van der Waals surface area contributed by atoms with Crippen LogP contribution < -0.4 is 5.32 Å². The van der Waals surface area contributed by atoms with Crippen molar-refractivity contribution in [2.45, 2.75) is 20.8 Å². The molecule has 0 fully saturated rings. The Balaban J connectivity index is 1.85. The Bertz CT molecular complexity index is 1160. The molecule has 1 aromatic carbocycles. The van der Waals surface area contributed by atoms with Gasteiger partial charge in [0, 0.05) is 12.7 Å². The third-order valence-electron chi connectivity index (χ3n) is 4.67. The number of rotatable bonds is 3. The highest BCUT2D eigenvalue weighted by Gasteiger charge is 2.20. The molecule has 0 radical (unpaired) electrons. The molecule has 0 unspecified atom stereocenters. The molecular weight excluding hydrogens is 340 g/mol. The van der Waals surface area contributed by atoms with Crippen molar-refractivity contribution in [1.82, 2.24) is 24.5 Å². The average Bonchev–Trinajstić information content (AvgIpc) is 3.16. The van der Waals surface area contributed by atoms with E-state index in [4.69, 9.17) is 0 Å². The van der Waals surface area contributed by atoms with Crippen LogP contribution in [0.2, 0.25) is 0 Å². The SMILES string of the molecule is Cc1cc(C(=O)Nc2cnn(C)c2C)c2c(C)nn(-c3ccccc3)c2n1. The van der Waals surface area contributed by atoms with Gasteiger partial charge in [0.05, 0.1) is 39.9 Å². The smallest absolute Gasteiger partial charge is 0.256 e. The van der Waals surface area contributed by atoms with Crippen LogP contribution in [0.15, 0.2) is 42.6 Å². The second-order valence-electron chi connectivity index (χ2n) is 6.56. The zero-order valence-electron chi connectivity index (χ0n) is 15.7. The monoisotopic (exact) mass is 360 g/mol. The maximum atomic E-state index is 13.0. The quantitative estimate of drug-likeness (QED) is 0.608. The lowest BCUT2D eigenvalue weighted by atomic mass is 10.1. The number of carbonyl (C=O) groups is 1. The number of carbonyl (C=O) groups excluding carboxylic acids is 1. The molecule has 0 aliphatic carbocycles. The molecule has 0 spiro atoms. The first-order valence-corrected chi connectivity index (χ1v) is 8.68. The number of nitrogens with one attached hydrogen (secondary N) is 1. The first-order valence-electron chi connectivity index (χ1n) is 8.68. The molecule has 7 heteroatoms. The summed E-state index contributed by atoms with van der Waals surface area (Å²) in [5.41, 5.74) is 5.23. The Hall–Kier alpha value is -3.48. The number of hydrogen-bond donors (Lipinski definition) is 1. The van der Waals surface area contributed by atoms with Gasteiger partial charge in [-0.1, -0.05) is 18.2 Å². The van der Waals surface area contributed by atoms with Gasteiger partial charge in [-0.05, 0) is 39.0 Å². The fourth-order valence-corrected chi connectivity index (χ4v) is 3.15. The molecule has 0 atom stereocenters. The largest absolute Gasteiger partial charge is 0.319 e. The summed E-state index contributed by atoms with van der Waals surface area (Å²) in [6.45, 7) is 5.68. The lowest BCUT2D eigenvalue weighted by molar-refractivity contribution is 0.102. The zero-order valence-corrected chi connectivity index (χ0v) is 15.7. The summed E-state index contributed by atoms with van der Waals surface area (Å²) in [7, 11) is 1.84. The lowest BCUT2D eigenvalue weighted by Crippen LogP contribution is -2.14. The number of nitrogens with zero attached hydrogens (tertiary/aromatic N) is 5. The molecule has 3 aromatic heterocycles. The molecule has 0 aliphatic rings. The summed E-state index contributed by atoms with van der Waals surface area (Å²) >= 11 is 0. The Morgan fingerprint density at radius 1 is 1.11 bits per heavy atom. The Morgan fingerprint density at radius 3 is 2.52 bits per heavy atom. The van der Waals surface area contributed by atoms with E-state index in [9.17, 15) is 4.79 Å². The van der Waals surface area contributed by atoms with E-state index in [0.717, 1.165) is 28.2 Å². The van der Waals surface area contributed by atoms with Gasteiger partial charge in [0.1, 0.15) is 0 Å². The van der Waals surface area contributed by atoms with Crippen LogP contribution in [-0.4, -0.2) is 30.5 Å². The first-order chi connectivity index (χ1) is 13.0. The van der Waals surface area contributed by atoms with Gasteiger partial charge in [0.15, 0.2) is 5.65 Å². The molecule has 136 valence electrons. The third kappa shape index (κ3) is 2.87. The minimum absolute atomic E-state index is 0.197. The lowest BCUT2D eigenvalue weighted by Gasteiger charge is -2.08. The van der Waals surface area contributed by atoms with Crippen LogP contribution in [-0.2, 0) is 7.05 Å². The number of para-hydroxylation sites is 1. The van der Waals surface area contributed by atoms with Crippen LogP contribution in [0.1, 0.15) is 27.4 Å². The van der Waals surface area contributed by atoms with Gasteiger partial charge in [-0.25, -0.2) is 9.67 Å². The summed E-state index contributed by atoms with van der Waals surface area (Å²) in [6, 6.07) is 11.6. The standard InChI is InChI=1S/C20H20N6O/c1-12-10-16(20(27)23-17-11-21-25(4)14(17)3)18-13(2)24-26(19(18)22-12)15-8-6-5-7-9-15/h5-11H,1-4H3,(H,23,27). The fourth-order valence-electron chi connectivity index (χ4n) is 3.15. The Labute approximate surface area is 156 Å². The number of benzene rings is 1. The van der Waals surface area contributed by atoms with E-state index in [-0.39, 0.29) is 5.91 Å². The summed E-state index contributed by atoms with van der Waals surface area (Å²) < 4.78 is 3.51. The molecule has 1 N–H and O–H groups in total. The molecule has 3 heterocycles. The van der Waals surface area contributed by atoms with Gasteiger partial charge < -0.3 is 5.32 Å². The van der Waals surface area contributed by atoms with E-state index >= 15 is 0 Å². The van der Waals surface area contributed by atoms with Gasteiger partial charge in [-0.15, -0.1) is 0 Å². The number of aryl methyl sites for hydroxylation is 3. The zero-order chi connectivity index (χ0) is 19.1. The Kier molecular flexibility index (Phi) is 3.99. The third-order valence-corrected chi connectivity index (χ3v) is 4.67. The number of fused-ring (bicyclic) bond motifs is 1. The predicted molar refractivity (Wildman–Crippen MR) is 104 cm³/mol. The highest BCUT2D eigenvalue weighted by molar-refractivity contribution is 6.13. The minimum atomic E-state index is -0.197. The van der Waals surface area contributed by atoms with Crippen molar-refractivity contribution in [3.63, 3.8) is 0 Å². The summed E-state index contributed by atoms with van der Waals surface area (Å²) in [5, 5.41) is 12.5. The summed E-state index contributed by atoms with van der Waals surface area (Å²) in [5.74, 6) is -0.197. The van der Waals surface area contributed by atoms with Crippen LogP contribution in [0.5, 0.6) is 0 Å². The number of anilines is 1. The van der Waals surface area contributed by atoms with Crippen LogP contribution in [0.25, 0.3) is 16.7 Å². The molecule has 4 rings (SSSR count). The van der Waals surface area contributed by atoms with E-state index in [0.29, 0.717) is 16.9 Å². The number of amides is 1. The maximum absolute atomic E-state index is 13.0. The molecule has 0 aliphatic heterocycles. The Morgan fingerprint density at radius 2 is 1.85 bits per heavy atom. The molecular formula is C20H20N6O. The normalized spacial score (nSPS) is 11.1. The van der Waals surface area contributed by atoms with E-state index in [1.807, 2.05) is 58.2 Å².